The van der Waals surface area contributed by atoms with Crippen LogP contribution < -0.4 is 30.0 Å². The Bertz CT molecular complexity index is 2350. The first-order valence-corrected chi connectivity index (χ1v) is 18.8. The second-order valence-corrected chi connectivity index (χ2v) is 15.3. The Balaban J connectivity index is 1.37. The molecule has 2 heterocycles. The number of nitrogens with one attached hydrogen (secondary N) is 1. The number of nitrogens with zero attached hydrogens (tertiary/aromatic N) is 2. The van der Waals surface area contributed by atoms with Gasteiger partial charge < -0.3 is 29.4 Å². The Morgan fingerprint density at radius 3 is 2.16 bits per heavy atom. The molecule has 1 saturated carbocycles. The SMILES string of the molecule is COc1ccc([C@@]23C(=O)N(Nc4ccc(Cl)cc4Cl)C(=O)[C@@H]2C[C@@H]2C(=CC[C@@H]4C(=O)N(c5cccc(B(O)O)c5)C(=O)[C@@H]42)[C@@H]3c2c(OC)cc(O)cc2OC)cc1. The largest absolute Gasteiger partial charge is 0.508 e. The molecule has 2 aliphatic heterocycles. The summed E-state index contributed by atoms with van der Waals surface area (Å²) in [6.45, 7) is 0. The lowest BCUT2D eigenvalue weighted by molar-refractivity contribution is -0.138. The Labute approximate surface area is 337 Å². The van der Waals surface area contributed by atoms with Crippen molar-refractivity contribution in [2.75, 3.05) is 31.7 Å². The molecular formula is C41H36BCl2N3O10. The van der Waals surface area contributed by atoms with Gasteiger partial charge in [-0.1, -0.05) is 59.1 Å². The normalized spacial score (nSPS) is 25.1. The van der Waals surface area contributed by atoms with Gasteiger partial charge in [0, 0.05) is 28.6 Å². The van der Waals surface area contributed by atoms with Gasteiger partial charge in [0.25, 0.3) is 11.8 Å². The minimum atomic E-state index is -1.83. The van der Waals surface area contributed by atoms with Gasteiger partial charge in [-0.2, -0.15) is 5.01 Å². The Morgan fingerprint density at radius 1 is 0.825 bits per heavy atom. The molecular weight excluding hydrogens is 776 g/mol. The third-order valence-corrected chi connectivity index (χ3v) is 12.4. The summed E-state index contributed by atoms with van der Waals surface area (Å²) in [5, 5.41) is 32.0. The van der Waals surface area contributed by atoms with Crippen LogP contribution >= 0.6 is 23.2 Å². The minimum absolute atomic E-state index is 0.0163. The van der Waals surface area contributed by atoms with Gasteiger partial charge in [-0.05, 0) is 72.3 Å². The topological polar surface area (TPSA) is 175 Å². The first-order valence-electron chi connectivity index (χ1n) is 18.1. The number of fused-ring (bicyclic) bond motifs is 4. The van der Waals surface area contributed by atoms with Crippen LogP contribution in [0.15, 0.2) is 90.5 Å². The zero-order chi connectivity index (χ0) is 40.5. The van der Waals surface area contributed by atoms with Crippen molar-refractivity contribution in [1.29, 1.82) is 0 Å². The molecule has 0 spiro atoms. The van der Waals surface area contributed by atoms with Crippen LogP contribution in [0.2, 0.25) is 10.0 Å². The number of aromatic hydroxyl groups is 1. The van der Waals surface area contributed by atoms with Crippen LogP contribution in [0.3, 0.4) is 0 Å². The van der Waals surface area contributed by atoms with Crippen molar-refractivity contribution < 1.29 is 48.5 Å². The highest BCUT2D eigenvalue weighted by molar-refractivity contribution is 6.58. The molecule has 0 radical (unpaired) electrons. The lowest BCUT2D eigenvalue weighted by Gasteiger charge is -2.51. The molecule has 0 aromatic heterocycles. The number of hydrogen-bond donors (Lipinski definition) is 4. The molecule has 0 unspecified atom stereocenters. The van der Waals surface area contributed by atoms with Gasteiger partial charge in [-0.25, -0.2) is 0 Å². The highest BCUT2D eigenvalue weighted by Gasteiger charge is 2.71. The first kappa shape index (κ1) is 38.3. The molecule has 0 bridgehead atoms. The number of hydrogen-bond acceptors (Lipinski definition) is 11. The summed E-state index contributed by atoms with van der Waals surface area (Å²) in [6, 6.07) is 20.1. The van der Waals surface area contributed by atoms with E-state index in [0.717, 1.165) is 9.91 Å². The Kier molecular flexibility index (Phi) is 9.72. The third-order valence-electron chi connectivity index (χ3n) is 11.8. The van der Waals surface area contributed by atoms with Crippen LogP contribution in [0.25, 0.3) is 0 Å². The lowest BCUT2D eigenvalue weighted by atomic mass is 9.49. The molecule has 4 amide bonds. The molecule has 57 heavy (non-hydrogen) atoms. The van der Waals surface area contributed by atoms with Gasteiger partial charge in [0.15, 0.2) is 0 Å². The molecule has 16 heteroatoms. The van der Waals surface area contributed by atoms with E-state index in [1.54, 1.807) is 42.5 Å². The van der Waals surface area contributed by atoms with Gasteiger partial charge >= 0.3 is 7.12 Å². The van der Waals surface area contributed by atoms with Crippen LogP contribution in [0.1, 0.15) is 29.9 Å². The predicted octanol–water partition coefficient (Wildman–Crippen LogP) is 4.59. The molecule has 2 saturated heterocycles. The monoisotopic (exact) mass is 811 g/mol. The molecule has 2 aliphatic carbocycles. The standard InChI is InChI=1S/C41H36BCl2N3O10/c1-55-25-10-7-20(8-11-25)41-29(38(50)47(40(41)52)45-31-14-9-22(43)16-30(31)44)19-28-26(36(41)35-32(56-2)17-24(48)18-33(35)57-3)12-13-27-34(28)39(51)46(37(27)49)23-6-4-5-21(15-23)42(53)54/h4-12,14-18,27-29,34,36,45,48,53-54H,13,19H2,1-3H3/t27-,28+,29-,34-,36+,41+/m0/s1. The van der Waals surface area contributed by atoms with E-state index in [1.165, 1.54) is 57.7 Å². The number of anilines is 2. The number of carbonyl (C=O) groups is 4. The fourth-order valence-corrected chi connectivity index (χ4v) is 9.90. The number of methoxy groups -OCH3 is 3. The average Bonchev–Trinajstić information content (AvgIpc) is 3.59. The van der Waals surface area contributed by atoms with Crippen LogP contribution in [-0.4, -0.2) is 72.2 Å². The zero-order valence-electron chi connectivity index (χ0n) is 30.8. The molecule has 13 nitrogen and oxygen atoms in total. The van der Waals surface area contributed by atoms with Crippen molar-refractivity contribution in [1.82, 2.24) is 5.01 Å². The number of rotatable bonds is 9. The van der Waals surface area contributed by atoms with Gasteiger partial charge in [0.1, 0.15) is 23.0 Å². The summed E-state index contributed by atoms with van der Waals surface area (Å²) in [6.07, 6.45) is 1.97. The quantitative estimate of drug-likeness (QED) is 0.106. The number of ether oxygens (including phenoxy) is 3. The molecule has 4 aliphatic rings. The first-order chi connectivity index (χ1) is 27.3. The van der Waals surface area contributed by atoms with Crippen molar-refractivity contribution in [3.8, 4) is 23.0 Å². The van der Waals surface area contributed by atoms with Crippen LogP contribution in [0.5, 0.6) is 23.0 Å². The maximum atomic E-state index is 15.6. The summed E-state index contributed by atoms with van der Waals surface area (Å²) in [5.41, 5.74) is 3.16. The van der Waals surface area contributed by atoms with Crippen molar-refractivity contribution in [2.24, 2.45) is 23.7 Å². The lowest BCUT2D eigenvalue weighted by Crippen LogP contribution is -2.53. The molecule has 4 aromatic rings. The summed E-state index contributed by atoms with van der Waals surface area (Å²) in [4.78, 5) is 60.7. The number of phenolic OH excluding ortho intramolecular Hbond substituents is 1. The van der Waals surface area contributed by atoms with Crippen molar-refractivity contribution >= 4 is 70.8 Å². The number of imide groups is 2. The minimum Gasteiger partial charge on any atom is -0.508 e. The average molecular weight is 812 g/mol. The highest BCUT2D eigenvalue weighted by Crippen LogP contribution is 2.66. The fourth-order valence-electron chi connectivity index (χ4n) is 9.45. The number of carbonyl (C=O) groups excluding carboxylic acids is 4. The summed E-state index contributed by atoms with van der Waals surface area (Å²) in [7, 11) is 2.50. The Hall–Kier alpha value is -5.54. The molecule has 4 aromatic carbocycles. The van der Waals surface area contributed by atoms with E-state index in [2.05, 4.69) is 5.43 Å². The number of benzene rings is 4. The van der Waals surface area contributed by atoms with Crippen molar-refractivity contribution in [2.45, 2.75) is 24.2 Å². The molecule has 292 valence electrons. The number of halogens is 2. The smallest absolute Gasteiger partial charge is 0.488 e. The van der Waals surface area contributed by atoms with E-state index >= 15 is 9.59 Å². The second kappa shape index (κ2) is 14.4. The fraction of sp³-hybridized carbons (Fsp3) is 0.268. The third kappa shape index (κ3) is 5.84. The molecule has 4 N–H and O–H groups in total. The Morgan fingerprint density at radius 2 is 1.53 bits per heavy atom. The van der Waals surface area contributed by atoms with Crippen LogP contribution in [0, 0.1) is 23.7 Å². The zero-order valence-corrected chi connectivity index (χ0v) is 32.3. The molecule has 6 atom stereocenters. The number of allylic oxidation sites excluding steroid dienone is 2. The maximum absolute atomic E-state index is 15.6. The van der Waals surface area contributed by atoms with E-state index in [0.29, 0.717) is 27.5 Å². The van der Waals surface area contributed by atoms with E-state index in [4.69, 9.17) is 37.4 Å². The number of amides is 4. The predicted molar refractivity (Wildman–Crippen MR) is 211 cm³/mol. The maximum Gasteiger partial charge on any atom is 0.488 e. The molecule has 8 rings (SSSR count). The van der Waals surface area contributed by atoms with Crippen molar-refractivity contribution in [3.63, 3.8) is 0 Å². The van der Waals surface area contributed by atoms with E-state index in [-0.39, 0.29) is 52.0 Å². The van der Waals surface area contributed by atoms with E-state index in [1.807, 2.05) is 6.08 Å². The van der Waals surface area contributed by atoms with E-state index < -0.39 is 65.8 Å². The van der Waals surface area contributed by atoms with E-state index in [9.17, 15) is 24.7 Å². The number of hydrazine groups is 1. The second-order valence-electron chi connectivity index (χ2n) is 14.5. The van der Waals surface area contributed by atoms with Gasteiger partial charge in [0.2, 0.25) is 11.8 Å². The van der Waals surface area contributed by atoms with Crippen LogP contribution in [0.4, 0.5) is 11.4 Å². The molecule has 3 fully saturated rings. The van der Waals surface area contributed by atoms with Gasteiger partial charge in [-0.3, -0.25) is 29.5 Å². The van der Waals surface area contributed by atoms with Gasteiger partial charge in [0.05, 0.1) is 60.9 Å². The number of phenols is 1. The highest BCUT2D eigenvalue weighted by atomic mass is 35.5. The van der Waals surface area contributed by atoms with Crippen LogP contribution in [-0.2, 0) is 24.6 Å². The van der Waals surface area contributed by atoms with Crippen molar-refractivity contribution in [3.05, 3.63) is 112 Å². The summed E-state index contributed by atoms with van der Waals surface area (Å²) in [5.74, 6) is -6.31. The van der Waals surface area contributed by atoms with Gasteiger partial charge in [-0.15, -0.1) is 0 Å². The summed E-state index contributed by atoms with van der Waals surface area (Å²) >= 11 is 12.7. The summed E-state index contributed by atoms with van der Waals surface area (Å²) < 4.78 is 17.3.